The quantitative estimate of drug-likeness (QED) is 0.329. The molecule has 2 fully saturated rings. The average Bonchev–Trinajstić information content (AvgIpc) is 3.68. The lowest BCUT2D eigenvalue weighted by Gasteiger charge is -2.35. The van der Waals surface area contributed by atoms with Crippen LogP contribution in [0.1, 0.15) is 30.5 Å². The van der Waals surface area contributed by atoms with Gasteiger partial charge in [-0.25, -0.2) is 0 Å². The summed E-state index contributed by atoms with van der Waals surface area (Å²) in [6.07, 6.45) is 7.36. The Labute approximate surface area is 259 Å². The van der Waals surface area contributed by atoms with Crippen LogP contribution >= 0.6 is 11.6 Å². The summed E-state index contributed by atoms with van der Waals surface area (Å²) in [5, 5.41) is 2.95. The van der Waals surface area contributed by atoms with E-state index >= 15 is 0 Å². The van der Waals surface area contributed by atoms with Crippen molar-refractivity contribution in [3.8, 4) is 6.01 Å². The highest BCUT2D eigenvalue weighted by molar-refractivity contribution is 6.36. The van der Waals surface area contributed by atoms with E-state index in [2.05, 4.69) is 53.1 Å². The number of nitrogens with zero attached hydrogens (tertiary/aromatic N) is 6. The highest BCUT2D eigenvalue weighted by Crippen LogP contribution is 2.37. The Morgan fingerprint density at radius 3 is 2.77 bits per heavy atom. The number of rotatable bonds is 9. The van der Waals surface area contributed by atoms with Crippen LogP contribution in [-0.4, -0.2) is 98.4 Å². The fraction of sp³-hybridized carbons (Fsp3) is 0.485. The molecule has 2 saturated heterocycles. The van der Waals surface area contributed by atoms with Gasteiger partial charge in [0.1, 0.15) is 12.4 Å². The first-order chi connectivity index (χ1) is 20.9. The van der Waals surface area contributed by atoms with Crippen LogP contribution in [0, 0.1) is 0 Å². The molecule has 3 aromatic rings. The summed E-state index contributed by atoms with van der Waals surface area (Å²) < 4.78 is 11.4. The van der Waals surface area contributed by atoms with Gasteiger partial charge in [0, 0.05) is 68.6 Å². The maximum atomic E-state index is 12.7. The third-order valence-corrected chi connectivity index (χ3v) is 9.47. The third-order valence-electron chi connectivity index (χ3n) is 9.15. The van der Waals surface area contributed by atoms with Gasteiger partial charge in [0.2, 0.25) is 5.91 Å². The Morgan fingerprint density at radius 2 is 1.98 bits per heavy atom. The van der Waals surface area contributed by atoms with Gasteiger partial charge in [0.25, 0.3) is 0 Å². The Hall–Kier alpha value is -3.40. The molecule has 0 radical (unpaired) electrons. The molecule has 10 heteroatoms. The van der Waals surface area contributed by atoms with Gasteiger partial charge in [-0.05, 0) is 56.8 Å². The Balaban J connectivity index is 1.28. The number of aromatic nitrogens is 2. The number of anilines is 2. The zero-order chi connectivity index (χ0) is 29.9. The molecule has 3 aliphatic heterocycles. The van der Waals surface area contributed by atoms with Crippen LogP contribution in [0.2, 0.25) is 5.02 Å². The largest absolute Gasteiger partial charge is 0.462 e. The van der Waals surface area contributed by atoms with Gasteiger partial charge in [-0.1, -0.05) is 41.9 Å². The maximum Gasteiger partial charge on any atom is 0.318 e. The molecule has 1 unspecified atom stereocenters. The Kier molecular flexibility index (Phi) is 9.02. The third kappa shape index (κ3) is 6.30. The molecule has 2 atom stereocenters. The van der Waals surface area contributed by atoms with Gasteiger partial charge in [-0.3, -0.25) is 4.79 Å². The van der Waals surface area contributed by atoms with E-state index in [0.717, 1.165) is 70.9 Å². The summed E-state index contributed by atoms with van der Waals surface area (Å²) in [6.45, 7) is 4.92. The number of carbonyl (C=O) groups is 1. The first kappa shape index (κ1) is 29.7. The molecule has 228 valence electrons. The topological polar surface area (TPSA) is 74.3 Å². The predicted octanol–water partition coefficient (Wildman–Crippen LogP) is 4.56. The molecule has 0 spiro atoms. The van der Waals surface area contributed by atoms with E-state index in [9.17, 15) is 4.79 Å². The maximum absolute atomic E-state index is 12.7. The minimum atomic E-state index is 0.0202. The molecule has 0 N–H and O–H groups in total. The molecule has 2 aromatic carbocycles. The number of likely N-dealkylation sites (tertiary alicyclic amines) is 2. The molecule has 0 aliphatic carbocycles. The highest BCUT2D eigenvalue weighted by atomic mass is 35.5. The number of benzene rings is 2. The predicted molar refractivity (Wildman–Crippen MR) is 171 cm³/mol. The van der Waals surface area contributed by atoms with Crippen LogP contribution in [0.5, 0.6) is 6.01 Å². The molecular formula is C33H41ClN6O3. The van der Waals surface area contributed by atoms with Crippen molar-refractivity contribution in [3.63, 3.8) is 0 Å². The normalized spacial score (nSPS) is 20.7. The molecule has 9 nitrogen and oxygen atoms in total. The van der Waals surface area contributed by atoms with E-state index in [4.69, 9.17) is 31.0 Å². The smallest absolute Gasteiger partial charge is 0.318 e. The van der Waals surface area contributed by atoms with Crippen LogP contribution in [0.4, 0.5) is 11.5 Å². The summed E-state index contributed by atoms with van der Waals surface area (Å²) >= 11 is 6.71. The average molecular weight is 605 g/mol. The van der Waals surface area contributed by atoms with Crippen molar-refractivity contribution in [2.75, 3.05) is 70.4 Å². The van der Waals surface area contributed by atoms with Crippen molar-refractivity contribution in [3.05, 3.63) is 64.8 Å². The van der Waals surface area contributed by atoms with E-state index in [-0.39, 0.29) is 11.9 Å². The van der Waals surface area contributed by atoms with Gasteiger partial charge in [-0.15, -0.1) is 0 Å². The highest BCUT2D eigenvalue weighted by Gasteiger charge is 2.33. The van der Waals surface area contributed by atoms with E-state index < -0.39 is 0 Å². The Bertz CT molecular complexity index is 1490. The lowest BCUT2D eigenvalue weighted by Crippen LogP contribution is -2.39. The summed E-state index contributed by atoms with van der Waals surface area (Å²) in [5.41, 5.74) is 3.25. The second-order valence-electron chi connectivity index (χ2n) is 11.8. The molecule has 1 amide bonds. The number of methoxy groups -OCH3 is 1. The number of hydrogen-bond acceptors (Lipinski definition) is 8. The van der Waals surface area contributed by atoms with Crippen molar-refractivity contribution in [2.45, 2.75) is 44.3 Å². The van der Waals surface area contributed by atoms with Crippen LogP contribution in [-0.2, 0) is 22.5 Å². The van der Waals surface area contributed by atoms with Crippen LogP contribution < -0.4 is 14.5 Å². The molecule has 0 saturated carbocycles. The van der Waals surface area contributed by atoms with Gasteiger partial charge in [0.05, 0.1) is 23.9 Å². The molecule has 1 aromatic heterocycles. The zero-order valence-electron chi connectivity index (χ0n) is 25.3. The molecule has 3 aliphatic rings. The number of hydrogen-bond donors (Lipinski definition) is 0. The Morgan fingerprint density at radius 1 is 1.14 bits per heavy atom. The van der Waals surface area contributed by atoms with Gasteiger partial charge in [-0.2, -0.15) is 9.97 Å². The van der Waals surface area contributed by atoms with Gasteiger partial charge in [0.15, 0.2) is 0 Å². The summed E-state index contributed by atoms with van der Waals surface area (Å²) in [5.74, 6) is 0.927. The number of halogens is 1. The zero-order valence-corrected chi connectivity index (χ0v) is 26.1. The monoisotopic (exact) mass is 604 g/mol. The lowest BCUT2D eigenvalue weighted by atomic mass is 10.0. The number of ether oxygens (including phenoxy) is 2. The molecular weight excluding hydrogens is 564 g/mol. The fourth-order valence-corrected chi connectivity index (χ4v) is 6.91. The standard InChI is InChI=1S/C33H41ClN6O3/c1-37-16-6-10-25(37)22-43-33-35-28-21-39(29-12-5-9-23-8-4-11-27(34)31(23)29)18-15-26(28)32(36-33)38(2)24-14-17-40(20-24)30(41)13-7-19-42-3/h4-5,7-9,11-13,24-25H,6,10,14-22H2,1-3H3/b13-7+/t24?,25-/m0/s1. The van der Waals surface area contributed by atoms with Gasteiger partial charge < -0.3 is 29.1 Å². The van der Waals surface area contributed by atoms with Crippen molar-refractivity contribution in [1.29, 1.82) is 0 Å². The SMILES string of the molecule is COC/C=C/C(=O)N1CCC(N(C)c2nc(OC[C@@H]3CCCN3C)nc3c2CCN(c2cccc4cccc(Cl)c24)C3)C1. The van der Waals surface area contributed by atoms with Crippen molar-refractivity contribution in [2.24, 2.45) is 0 Å². The van der Waals surface area contributed by atoms with E-state index in [1.54, 1.807) is 19.3 Å². The number of carbonyl (C=O) groups excluding carboxylic acids is 1. The first-order valence-electron chi connectivity index (χ1n) is 15.2. The van der Waals surface area contributed by atoms with Crippen LogP contribution in [0.25, 0.3) is 10.8 Å². The molecule has 0 bridgehead atoms. The van der Waals surface area contributed by atoms with Crippen molar-refractivity contribution in [1.82, 2.24) is 19.8 Å². The molecule has 43 heavy (non-hydrogen) atoms. The minimum Gasteiger partial charge on any atom is -0.462 e. The van der Waals surface area contributed by atoms with E-state index in [1.807, 2.05) is 17.0 Å². The summed E-state index contributed by atoms with van der Waals surface area (Å²) in [6, 6.07) is 13.3. The lowest BCUT2D eigenvalue weighted by molar-refractivity contribution is -0.125. The number of amides is 1. The molecule has 6 rings (SSSR count). The number of fused-ring (bicyclic) bond motifs is 2. The number of likely N-dealkylation sites (N-methyl/N-ethyl adjacent to an activating group) is 2. The van der Waals surface area contributed by atoms with Crippen molar-refractivity contribution >= 4 is 39.8 Å². The minimum absolute atomic E-state index is 0.0202. The summed E-state index contributed by atoms with van der Waals surface area (Å²) in [7, 11) is 5.87. The molecule has 4 heterocycles. The van der Waals surface area contributed by atoms with Gasteiger partial charge >= 0.3 is 6.01 Å². The fourth-order valence-electron chi connectivity index (χ4n) is 6.63. The van der Waals surface area contributed by atoms with Crippen LogP contribution in [0.15, 0.2) is 48.6 Å². The van der Waals surface area contributed by atoms with E-state index in [1.165, 1.54) is 6.42 Å². The first-order valence-corrected chi connectivity index (χ1v) is 15.6. The van der Waals surface area contributed by atoms with Crippen molar-refractivity contribution < 1.29 is 14.3 Å². The second kappa shape index (κ2) is 13.1. The summed E-state index contributed by atoms with van der Waals surface area (Å²) in [4.78, 5) is 31.6. The second-order valence-corrected chi connectivity index (χ2v) is 12.2. The van der Waals surface area contributed by atoms with E-state index in [0.29, 0.717) is 44.9 Å². The van der Waals surface area contributed by atoms with Crippen LogP contribution in [0.3, 0.4) is 0 Å².